The number of benzene rings is 1. The third-order valence-corrected chi connectivity index (χ3v) is 2.94. The molecule has 1 aromatic rings. The van der Waals surface area contributed by atoms with Gasteiger partial charge in [0.05, 0.1) is 6.61 Å². The highest BCUT2D eigenvalue weighted by Crippen LogP contribution is 2.21. The molecule has 1 heterocycles. The largest absolute Gasteiger partial charge is 0.392 e. The Kier molecular flexibility index (Phi) is 3.23. The quantitative estimate of drug-likeness (QED) is 0.771. The van der Waals surface area contributed by atoms with Crippen molar-refractivity contribution < 1.29 is 5.11 Å². The fourth-order valence-corrected chi connectivity index (χ4v) is 1.94. The fraction of sp³-hybridized carbons (Fsp3) is 0.500. The van der Waals surface area contributed by atoms with E-state index in [9.17, 15) is 5.11 Å². The summed E-state index contributed by atoms with van der Waals surface area (Å²) in [6, 6.07) is 8.82. The number of nitrogens with zero attached hydrogens (tertiary/aromatic N) is 2. The second-order valence-electron chi connectivity index (χ2n) is 4.00. The van der Waals surface area contributed by atoms with Crippen LogP contribution in [0.1, 0.15) is 5.56 Å². The number of rotatable bonds is 2. The van der Waals surface area contributed by atoms with E-state index in [1.807, 2.05) is 18.2 Å². The zero-order valence-electron chi connectivity index (χ0n) is 9.11. The van der Waals surface area contributed by atoms with Crippen molar-refractivity contribution in [2.75, 3.05) is 38.1 Å². The number of anilines is 1. The Morgan fingerprint density at radius 3 is 2.73 bits per heavy atom. The first kappa shape index (κ1) is 10.5. The predicted octanol–water partition coefficient (Wildman–Crippen LogP) is 0.731. The Morgan fingerprint density at radius 2 is 2.07 bits per heavy atom. The topological polar surface area (TPSA) is 26.7 Å². The molecule has 1 saturated heterocycles. The molecule has 0 saturated carbocycles. The van der Waals surface area contributed by atoms with E-state index in [4.69, 9.17) is 0 Å². The van der Waals surface area contributed by atoms with Crippen LogP contribution in [0.25, 0.3) is 0 Å². The molecule has 0 aliphatic carbocycles. The van der Waals surface area contributed by atoms with Crippen molar-refractivity contribution in [3.63, 3.8) is 0 Å². The van der Waals surface area contributed by atoms with Gasteiger partial charge in [-0.15, -0.1) is 0 Å². The van der Waals surface area contributed by atoms with E-state index in [-0.39, 0.29) is 6.61 Å². The van der Waals surface area contributed by atoms with Gasteiger partial charge in [0.15, 0.2) is 0 Å². The van der Waals surface area contributed by atoms with Crippen molar-refractivity contribution in [1.82, 2.24) is 4.90 Å². The molecular formula is C12H17N2O. The molecule has 1 aliphatic rings. The standard InChI is InChI=1S/C12H17N2O/c1-13-6-8-14(9-7-13)12-5-3-2-4-11(12)10-15/h3-5,15H,6-10H2,1H3. The fourth-order valence-electron chi connectivity index (χ4n) is 1.94. The van der Waals surface area contributed by atoms with Gasteiger partial charge in [-0.1, -0.05) is 6.07 Å². The first-order valence-corrected chi connectivity index (χ1v) is 5.34. The van der Waals surface area contributed by atoms with Gasteiger partial charge in [0.1, 0.15) is 0 Å². The normalized spacial score (nSPS) is 18.1. The summed E-state index contributed by atoms with van der Waals surface area (Å²) in [4.78, 5) is 4.66. The van der Waals surface area contributed by atoms with Crippen molar-refractivity contribution in [3.8, 4) is 0 Å². The summed E-state index contributed by atoms with van der Waals surface area (Å²) < 4.78 is 0. The predicted molar refractivity (Wildman–Crippen MR) is 60.9 cm³/mol. The maximum atomic E-state index is 9.24. The molecular weight excluding hydrogens is 188 g/mol. The van der Waals surface area contributed by atoms with Gasteiger partial charge in [-0.25, -0.2) is 0 Å². The minimum atomic E-state index is 0.0962. The highest BCUT2D eigenvalue weighted by Gasteiger charge is 2.15. The molecule has 1 radical (unpaired) electrons. The number of aliphatic hydroxyl groups is 1. The number of hydrogen-bond acceptors (Lipinski definition) is 3. The van der Waals surface area contributed by atoms with Crippen molar-refractivity contribution in [2.24, 2.45) is 0 Å². The van der Waals surface area contributed by atoms with Gasteiger partial charge in [-0.05, 0) is 25.2 Å². The lowest BCUT2D eigenvalue weighted by Crippen LogP contribution is -2.44. The maximum absolute atomic E-state index is 9.24. The SMILES string of the molecule is CN1CCN(c2cc[c]cc2CO)CC1. The monoisotopic (exact) mass is 205 g/mol. The minimum Gasteiger partial charge on any atom is -0.392 e. The number of hydrogen-bond donors (Lipinski definition) is 1. The molecule has 1 aromatic carbocycles. The van der Waals surface area contributed by atoms with E-state index >= 15 is 0 Å². The third kappa shape index (κ3) is 2.30. The second kappa shape index (κ2) is 4.64. The van der Waals surface area contributed by atoms with Crippen molar-refractivity contribution in [3.05, 3.63) is 29.8 Å². The van der Waals surface area contributed by atoms with Gasteiger partial charge < -0.3 is 14.9 Å². The highest BCUT2D eigenvalue weighted by molar-refractivity contribution is 5.53. The Balaban J connectivity index is 2.15. The van der Waals surface area contributed by atoms with Crippen LogP contribution >= 0.6 is 0 Å². The van der Waals surface area contributed by atoms with Gasteiger partial charge >= 0.3 is 0 Å². The Morgan fingerprint density at radius 1 is 1.33 bits per heavy atom. The van der Waals surface area contributed by atoms with Crippen molar-refractivity contribution >= 4 is 5.69 Å². The lowest BCUT2D eigenvalue weighted by molar-refractivity contribution is 0.280. The molecule has 81 valence electrons. The van der Waals surface area contributed by atoms with Crippen LogP contribution in [0.15, 0.2) is 18.2 Å². The average molecular weight is 205 g/mol. The highest BCUT2D eigenvalue weighted by atomic mass is 16.3. The summed E-state index contributed by atoms with van der Waals surface area (Å²) in [5.41, 5.74) is 2.13. The van der Waals surface area contributed by atoms with Crippen molar-refractivity contribution in [2.45, 2.75) is 6.61 Å². The first-order valence-electron chi connectivity index (χ1n) is 5.34. The number of likely N-dealkylation sites (N-methyl/N-ethyl adjacent to an activating group) is 1. The van der Waals surface area contributed by atoms with E-state index in [0.717, 1.165) is 37.4 Å². The molecule has 3 heteroatoms. The molecule has 0 spiro atoms. The lowest BCUT2D eigenvalue weighted by Gasteiger charge is -2.35. The summed E-state index contributed by atoms with van der Waals surface area (Å²) in [5.74, 6) is 0. The summed E-state index contributed by atoms with van der Waals surface area (Å²) in [7, 11) is 2.14. The first-order chi connectivity index (χ1) is 7.31. The molecule has 15 heavy (non-hydrogen) atoms. The van der Waals surface area contributed by atoms with Crippen LogP contribution in [0.3, 0.4) is 0 Å². The molecule has 0 unspecified atom stereocenters. The van der Waals surface area contributed by atoms with Crippen LogP contribution in [0.4, 0.5) is 5.69 Å². The maximum Gasteiger partial charge on any atom is 0.0702 e. The van der Waals surface area contributed by atoms with E-state index in [2.05, 4.69) is 22.9 Å². The summed E-state index contributed by atoms with van der Waals surface area (Å²) in [6.07, 6.45) is 0. The van der Waals surface area contributed by atoms with Gasteiger partial charge in [0.2, 0.25) is 0 Å². The molecule has 2 rings (SSSR count). The Bertz CT molecular complexity index is 319. The van der Waals surface area contributed by atoms with Gasteiger partial charge in [-0.2, -0.15) is 0 Å². The Hall–Kier alpha value is -1.06. The number of piperazine rings is 1. The van der Waals surface area contributed by atoms with E-state index < -0.39 is 0 Å². The van der Waals surface area contributed by atoms with Gasteiger partial charge in [0, 0.05) is 37.4 Å². The van der Waals surface area contributed by atoms with E-state index in [0.29, 0.717) is 0 Å². The third-order valence-electron chi connectivity index (χ3n) is 2.94. The molecule has 0 amide bonds. The molecule has 0 bridgehead atoms. The van der Waals surface area contributed by atoms with Crippen LogP contribution in [-0.2, 0) is 6.61 Å². The minimum absolute atomic E-state index is 0.0962. The van der Waals surface area contributed by atoms with Crippen LogP contribution in [0.2, 0.25) is 0 Å². The van der Waals surface area contributed by atoms with Crippen LogP contribution < -0.4 is 4.90 Å². The summed E-state index contributed by atoms with van der Waals surface area (Å²) in [5, 5.41) is 9.24. The molecule has 1 N–H and O–H groups in total. The smallest absolute Gasteiger partial charge is 0.0702 e. The van der Waals surface area contributed by atoms with Crippen molar-refractivity contribution in [1.29, 1.82) is 0 Å². The molecule has 3 nitrogen and oxygen atoms in total. The van der Waals surface area contributed by atoms with Gasteiger partial charge in [-0.3, -0.25) is 0 Å². The Labute approximate surface area is 90.9 Å². The second-order valence-corrected chi connectivity index (χ2v) is 4.00. The van der Waals surface area contributed by atoms with Crippen LogP contribution in [-0.4, -0.2) is 43.2 Å². The van der Waals surface area contributed by atoms with E-state index in [1.165, 1.54) is 0 Å². The lowest BCUT2D eigenvalue weighted by atomic mass is 10.1. The molecule has 0 atom stereocenters. The summed E-state index contributed by atoms with van der Waals surface area (Å²) >= 11 is 0. The van der Waals surface area contributed by atoms with E-state index in [1.54, 1.807) is 0 Å². The van der Waals surface area contributed by atoms with Crippen LogP contribution in [0.5, 0.6) is 0 Å². The number of aliphatic hydroxyl groups excluding tert-OH is 1. The molecule has 1 aliphatic heterocycles. The molecule has 0 aromatic heterocycles. The van der Waals surface area contributed by atoms with Gasteiger partial charge in [0.25, 0.3) is 0 Å². The molecule has 1 fully saturated rings. The summed E-state index contributed by atoms with van der Waals surface area (Å²) in [6.45, 7) is 4.34. The zero-order valence-corrected chi connectivity index (χ0v) is 9.11. The average Bonchev–Trinajstić information content (AvgIpc) is 2.30. The zero-order chi connectivity index (χ0) is 10.7. The van der Waals surface area contributed by atoms with Crippen LogP contribution in [0, 0.1) is 6.07 Å².